The lowest BCUT2D eigenvalue weighted by Gasteiger charge is -2.28. The predicted molar refractivity (Wildman–Crippen MR) is 69.8 cm³/mol. The van der Waals surface area contributed by atoms with Gasteiger partial charge in [0, 0.05) is 26.8 Å². The van der Waals surface area contributed by atoms with Gasteiger partial charge in [0.1, 0.15) is 12.0 Å². The number of aromatic nitrogens is 2. The second-order valence-corrected chi connectivity index (χ2v) is 4.56. The molecule has 6 nitrogen and oxygen atoms in total. The standard InChI is InChI=1S/C12H20N4O2/c1-16(7-9-3-5-18-6-4-9)11-10(13)12(17-2)15-8-14-11/h8-9H,3-7,13H2,1-2H3. The van der Waals surface area contributed by atoms with Crippen molar-refractivity contribution < 1.29 is 9.47 Å². The molecule has 2 rings (SSSR count). The van der Waals surface area contributed by atoms with Crippen LogP contribution in [0.3, 0.4) is 0 Å². The minimum absolute atomic E-state index is 0.429. The van der Waals surface area contributed by atoms with Gasteiger partial charge in [0.15, 0.2) is 5.82 Å². The maximum absolute atomic E-state index is 5.98. The third-order valence-corrected chi connectivity index (χ3v) is 3.25. The van der Waals surface area contributed by atoms with Gasteiger partial charge in [-0.05, 0) is 18.8 Å². The Hall–Kier alpha value is -1.56. The van der Waals surface area contributed by atoms with Crippen LogP contribution in [-0.2, 0) is 4.74 Å². The molecule has 1 aromatic heterocycles. The third kappa shape index (κ3) is 2.81. The molecular formula is C12H20N4O2. The Kier molecular flexibility index (Phi) is 4.19. The lowest BCUT2D eigenvalue weighted by molar-refractivity contribution is 0.0685. The van der Waals surface area contributed by atoms with E-state index in [2.05, 4.69) is 14.9 Å². The normalized spacial score (nSPS) is 16.6. The molecule has 18 heavy (non-hydrogen) atoms. The first-order chi connectivity index (χ1) is 8.72. The van der Waals surface area contributed by atoms with Crippen molar-refractivity contribution in [1.29, 1.82) is 0 Å². The van der Waals surface area contributed by atoms with Crippen LogP contribution in [0.1, 0.15) is 12.8 Å². The second-order valence-electron chi connectivity index (χ2n) is 4.56. The molecule has 0 spiro atoms. The minimum Gasteiger partial charge on any atom is -0.479 e. The van der Waals surface area contributed by atoms with Gasteiger partial charge in [-0.3, -0.25) is 0 Å². The van der Waals surface area contributed by atoms with Gasteiger partial charge >= 0.3 is 0 Å². The van der Waals surface area contributed by atoms with Crippen molar-refractivity contribution in [2.45, 2.75) is 12.8 Å². The molecule has 0 radical (unpaired) electrons. The number of nitrogen functional groups attached to an aromatic ring is 1. The van der Waals surface area contributed by atoms with E-state index in [1.165, 1.54) is 6.33 Å². The van der Waals surface area contributed by atoms with E-state index in [1.54, 1.807) is 7.11 Å². The highest BCUT2D eigenvalue weighted by molar-refractivity contribution is 5.67. The molecular weight excluding hydrogens is 232 g/mol. The Balaban J connectivity index is 2.05. The number of ether oxygens (including phenoxy) is 2. The van der Waals surface area contributed by atoms with Crippen molar-refractivity contribution in [2.24, 2.45) is 5.92 Å². The Morgan fingerprint density at radius 2 is 2.17 bits per heavy atom. The van der Waals surface area contributed by atoms with Gasteiger partial charge in [-0.15, -0.1) is 0 Å². The molecule has 0 saturated carbocycles. The van der Waals surface area contributed by atoms with Crippen LogP contribution < -0.4 is 15.4 Å². The Morgan fingerprint density at radius 3 is 2.83 bits per heavy atom. The zero-order valence-electron chi connectivity index (χ0n) is 10.9. The van der Waals surface area contributed by atoms with E-state index in [4.69, 9.17) is 15.2 Å². The first kappa shape index (κ1) is 12.9. The Labute approximate surface area is 107 Å². The summed E-state index contributed by atoms with van der Waals surface area (Å²) in [5.74, 6) is 1.79. The lowest BCUT2D eigenvalue weighted by Crippen LogP contribution is -2.30. The van der Waals surface area contributed by atoms with E-state index < -0.39 is 0 Å². The molecule has 100 valence electrons. The van der Waals surface area contributed by atoms with Crippen LogP contribution in [0.4, 0.5) is 11.5 Å². The van der Waals surface area contributed by atoms with Crippen LogP contribution in [0.15, 0.2) is 6.33 Å². The summed E-state index contributed by atoms with van der Waals surface area (Å²) in [4.78, 5) is 10.3. The molecule has 2 N–H and O–H groups in total. The van der Waals surface area contributed by atoms with E-state index in [1.807, 2.05) is 7.05 Å². The van der Waals surface area contributed by atoms with Gasteiger partial charge in [-0.2, -0.15) is 4.98 Å². The quantitative estimate of drug-likeness (QED) is 0.859. The molecule has 1 aromatic rings. The number of anilines is 2. The van der Waals surface area contributed by atoms with Crippen LogP contribution in [0.25, 0.3) is 0 Å². The molecule has 0 unspecified atom stereocenters. The van der Waals surface area contributed by atoms with Crippen molar-refractivity contribution in [3.8, 4) is 5.88 Å². The second kappa shape index (κ2) is 5.86. The average molecular weight is 252 g/mol. The summed E-state index contributed by atoms with van der Waals surface area (Å²) < 4.78 is 10.5. The molecule has 1 fully saturated rings. The molecule has 0 aromatic carbocycles. The summed E-state index contributed by atoms with van der Waals surface area (Å²) in [5, 5.41) is 0. The van der Waals surface area contributed by atoms with Crippen LogP contribution in [-0.4, -0.2) is 43.9 Å². The molecule has 0 bridgehead atoms. The highest BCUT2D eigenvalue weighted by Crippen LogP contribution is 2.28. The summed E-state index contributed by atoms with van der Waals surface area (Å²) in [6.07, 6.45) is 3.66. The summed E-state index contributed by atoms with van der Waals surface area (Å²) in [5.41, 5.74) is 6.48. The average Bonchev–Trinajstić information content (AvgIpc) is 2.40. The molecule has 2 heterocycles. The highest BCUT2D eigenvalue weighted by Gasteiger charge is 2.19. The topological polar surface area (TPSA) is 73.5 Å². The van der Waals surface area contributed by atoms with Crippen LogP contribution in [0, 0.1) is 5.92 Å². The fourth-order valence-electron chi connectivity index (χ4n) is 2.24. The molecule has 1 aliphatic rings. The van der Waals surface area contributed by atoms with Crippen LogP contribution in [0.5, 0.6) is 5.88 Å². The van der Waals surface area contributed by atoms with E-state index >= 15 is 0 Å². The molecule has 1 saturated heterocycles. The summed E-state index contributed by atoms with van der Waals surface area (Å²) in [6.45, 7) is 2.62. The molecule has 6 heteroatoms. The van der Waals surface area contributed by atoms with Gasteiger partial charge < -0.3 is 20.1 Å². The summed E-state index contributed by atoms with van der Waals surface area (Å²) in [6, 6.07) is 0. The maximum Gasteiger partial charge on any atom is 0.242 e. The third-order valence-electron chi connectivity index (χ3n) is 3.25. The van der Waals surface area contributed by atoms with Crippen molar-refractivity contribution in [3.05, 3.63) is 6.33 Å². The van der Waals surface area contributed by atoms with Crippen molar-refractivity contribution in [1.82, 2.24) is 9.97 Å². The number of rotatable bonds is 4. The first-order valence-electron chi connectivity index (χ1n) is 6.15. The van der Waals surface area contributed by atoms with Gasteiger partial charge in [0.25, 0.3) is 0 Å². The fraction of sp³-hybridized carbons (Fsp3) is 0.667. The largest absolute Gasteiger partial charge is 0.479 e. The zero-order chi connectivity index (χ0) is 13.0. The van der Waals surface area contributed by atoms with Gasteiger partial charge in [-0.25, -0.2) is 4.98 Å². The number of hydrogen-bond donors (Lipinski definition) is 1. The Morgan fingerprint density at radius 1 is 1.44 bits per heavy atom. The van der Waals surface area contributed by atoms with Crippen LogP contribution in [0.2, 0.25) is 0 Å². The van der Waals surface area contributed by atoms with Crippen molar-refractivity contribution in [2.75, 3.05) is 44.5 Å². The minimum atomic E-state index is 0.429. The van der Waals surface area contributed by atoms with Crippen molar-refractivity contribution >= 4 is 11.5 Å². The van der Waals surface area contributed by atoms with Gasteiger partial charge in [0.2, 0.25) is 5.88 Å². The van der Waals surface area contributed by atoms with E-state index in [0.29, 0.717) is 17.5 Å². The first-order valence-corrected chi connectivity index (χ1v) is 6.15. The smallest absolute Gasteiger partial charge is 0.242 e. The van der Waals surface area contributed by atoms with Crippen LogP contribution >= 0.6 is 0 Å². The number of nitrogens with zero attached hydrogens (tertiary/aromatic N) is 3. The maximum atomic E-state index is 5.98. The molecule has 0 aliphatic carbocycles. The van der Waals surface area contributed by atoms with E-state index in [9.17, 15) is 0 Å². The highest BCUT2D eigenvalue weighted by atomic mass is 16.5. The monoisotopic (exact) mass is 252 g/mol. The SMILES string of the molecule is COc1ncnc(N(C)CC2CCOCC2)c1N. The van der Waals surface area contributed by atoms with Gasteiger partial charge in [-0.1, -0.05) is 0 Å². The molecule has 0 atom stereocenters. The molecule has 0 amide bonds. The number of hydrogen-bond acceptors (Lipinski definition) is 6. The summed E-state index contributed by atoms with van der Waals surface area (Å²) in [7, 11) is 3.55. The van der Waals surface area contributed by atoms with E-state index in [-0.39, 0.29) is 0 Å². The summed E-state index contributed by atoms with van der Waals surface area (Å²) >= 11 is 0. The number of methoxy groups -OCH3 is 1. The number of nitrogens with two attached hydrogens (primary N) is 1. The lowest BCUT2D eigenvalue weighted by atomic mass is 10.00. The van der Waals surface area contributed by atoms with Crippen molar-refractivity contribution in [3.63, 3.8) is 0 Å². The Bertz CT molecular complexity index is 394. The fourth-order valence-corrected chi connectivity index (χ4v) is 2.24. The molecule has 1 aliphatic heterocycles. The van der Waals surface area contributed by atoms with Gasteiger partial charge in [0.05, 0.1) is 7.11 Å². The zero-order valence-corrected chi connectivity index (χ0v) is 10.9. The van der Waals surface area contributed by atoms with E-state index in [0.717, 1.165) is 38.4 Å². The predicted octanol–water partition coefficient (Wildman–Crippen LogP) is 0.930.